The second kappa shape index (κ2) is 4.98. The predicted octanol–water partition coefficient (Wildman–Crippen LogP) is 5.34. The molecule has 3 aromatic rings. The van der Waals surface area contributed by atoms with Crippen LogP contribution in [0.2, 0.25) is 0 Å². The van der Waals surface area contributed by atoms with Crippen molar-refractivity contribution in [3.05, 3.63) is 45.1 Å². The number of halogens is 3. The van der Waals surface area contributed by atoms with Gasteiger partial charge in [0.15, 0.2) is 6.29 Å². The number of carbonyl (C=O) groups excluding carboxylic acids is 1. The van der Waals surface area contributed by atoms with Crippen molar-refractivity contribution < 1.29 is 18.0 Å². The van der Waals surface area contributed by atoms with Crippen molar-refractivity contribution in [1.29, 1.82) is 0 Å². The molecule has 2 heterocycles. The molecule has 2 aromatic heterocycles. The number of nitrogens with one attached hydrogen (secondary N) is 1. The number of hydrogen-bond acceptors (Lipinski definition) is 2. The molecule has 0 radical (unpaired) electrons. The summed E-state index contributed by atoms with van der Waals surface area (Å²) in [5.41, 5.74) is 0.679. The van der Waals surface area contributed by atoms with Crippen LogP contribution in [0.4, 0.5) is 13.2 Å². The average Bonchev–Trinajstić information content (AvgIpc) is 2.96. The summed E-state index contributed by atoms with van der Waals surface area (Å²) in [6, 6.07) is 5.75. The van der Waals surface area contributed by atoms with Crippen LogP contribution in [0.1, 0.15) is 25.7 Å². The third-order valence-electron chi connectivity index (χ3n) is 3.61. The summed E-state index contributed by atoms with van der Waals surface area (Å²) in [7, 11) is 0. The molecule has 2 nitrogen and oxygen atoms in total. The van der Waals surface area contributed by atoms with Crippen LogP contribution in [0.5, 0.6) is 0 Å². The van der Waals surface area contributed by atoms with E-state index in [1.54, 1.807) is 11.3 Å². The molecule has 0 saturated heterocycles. The van der Waals surface area contributed by atoms with Crippen molar-refractivity contribution in [2.24, 2.45) is 0 Å². The molecule has 0 fully saturated rings. The number of aldehydes is 1. The van der Waals surface area contributed by atoms with E-state index in [0.717, 1.165) is 21.4 Å². The first-order valence-corrected chi connectivity index (χ1v) is 7.39. The van der Waals surface area contributed by atoms with Crippen LogP contribution in [-0.4, -0.2) is 11.3 Å². The van der Waals surface area contributed by atoms with Crippen LogP contribution >= 0.6 is 11.3 Å². The first-order valence-electron chi connectivity index (χ1n) is 6.57. The number of aromatic amines is 1. The van der Waals surface area contributed by atoms with Gasteiger partial charge in [0.2, 0.25) is 0 Å². The van der Waals surface area contributed by atoms with Gasteiger partial charge in [0, 0.05) is 26.3 Å². The van der Waals surface area contributed by atoms with Crippen LogP contribution < -0.4 is 0 Å². The molecule has 1 aromatic carbocycles. The minimum absolute atomic E-state index is 0.0460. The van der Waals surface area contributed by atoms with Crippen molar-refractivity contribution in [2.45, 2.75) is 20.0 Å². The lowest BCUT2D eigenvalue weighted by Crippen LogP contribution is -2.05. The van der Waals surface area contributed by atoms with E-state index in [4.69, 9.17) is 0 Å². The lowest BCUT2D eigenvalue weighted by Gasteiger charge is -2.07. The van der Waals surface area contributed by atoms with Gasteiger partial charge in [-0.1, -0.05) is 12.1 Å². The number of aromatic nitrogens is 1. The largest absolute Gasteiger partial charge is 0.418 e. The maximum atomic E-state index is 13.1. The minimum atomic E-state index is -4.47. The highest BCUT2D eigenvalue weighted by Crippen LogP contribution is 2.40. The normalized spacial score (nSPS) is 12.0. The Bertz CT molecular complexity index is 874. The Balaban J connectivity index is 2.38. The molecule has 0 saturated carbocycles. The van der Waals surface area contributed by atoms with E-state index in [1.165, 1.54) is 12.1 Å². The molecule has 114 valence electrons. The van der Waals surface area contributed by atoms with Gasteiger partial charge in [-0.3, -0.25) is 4.79 Å². The van der Waals surface area contributed by atoms with Gasteiger partial charge in [-0.25, -0.2) is 0 Å². The smallest absolute Gasteiger partial charge is 0.353 e. The number of benzene rings is 1. The number of H-pyrrole nitrogens is 1. The van der Waals surface area contributed by atoms with Gasteiger partial charge in [-0.15, -0.1) is 11.3 Å². The topological polar surface area (TPSA) is 32.9 Å². The van der Waals surface area contributed by atoms with E-state index in [9.17, 15) is 18.0 Å². The molecule has 22 heavy (non-hydrogen) atoms. The third kappa shape index (κ3) is 2.23. The molecule has 6 heteroatoms. The molecule has 0 unspecified atom stereocenters. The summed E-state index contributed by atoms with van der Waals surface area (Å²) in [6.45, 7) is 3.81. The quantitative estimate of drug-likeness (QED) is 0.634. The number of alkyl halides is 3. The summed E-state index contributed by atoms with van der Waals surface area (Å²) in [5.74, 6) is 0. The van der Waals surface area contributed by atoms with E-state index >= 15 is 0 Å². The number of para-hydroxylation sites is 1. The fourth-order valence-electron chi connectivity index (χ4n) is 2.69. The van der Waals surface area contributed by atoms with E-state index in [0.29, 0.717) is 17.4 Å². The van der Waals surface area contributed by atoms with Gasteiger partial charge in [0.05, 0.1) is 16.8 Å². The molecular formula is C16H12F3NOS. The summed E-state index contributed by atoms with van der Waals surface area (Å²) in [6.07, 6.45) is -3.86. The summed E-state index contributed by atoms with van der Waals surface area (Å²) in [5, 5.41) is 0.295. The Labute approximate surface area is 128 Å². The molecule has 0 spiro atoms. The lowest BCUT2D eigenvalue weighted by atomic mass is 10.1. The molecule has 0 amide bonds. The molecule has 0 atom stereocenters. The average molecular weight is 323 g/mol. The highest BCUT2D eigenvalue weighted by molar-refractivity contribution is 7.12. The zero-order chi connectivity index (χ0) is 16.1. The monoisotopic (exact) mass is 323 g/mol. The van der Waals surface area contributed by atoms with Crippen molar-refractivity contribution in [3.8, 4) is 11.3 Å². The standard InChI is InChI=1S/C16H12F3NOS/c1-8-6-11(9(2)22-8)14-12(7-21)10-4-3-5-13(15(10)20-14)16(17,18)19/h3-7,20H,1-2H3. The SMILES string of the molecule is Cc1cc(-c2[nH]c3c(C(F)(F)F)cccc3c2C=O)c(C)s1. The van der Waals surface area contributed by atoms with E-state index in [1.807, 2.05) is 19.9 Å². The van der Waals surface area contributed by atoms with Crippen molar-refractivity contribution >= 4 is 28.5 Å². The molecular weight excluding hydrogens is 311 g/mol. The van der Waals surface area contributed by atoms with E-state index in [-0.39, 0.29) is 11.1 Å². The minimum Gasteiger partial charge on any atom is -0.353 e. The second-order valence-corrected chi connectivity index (χ2v) is 6.54. The molecule has 0 aliphatic carbocycles. The maximum absolute atomic E-state index is 13.1. The van der Waals surface area contributed by atoms with Crippen LogP contribution in [0.3, 0.4) is 0 Å². The van der Waals surface area contributed by atoms with Gasteiger partial charge >= 0.3 is 6.18 Å². The molecule has 0 aliphatic rings. The van der Waals surface area contributed by atoms with Crippen LogP contribution in [-0.2, 0) is 6.18 Å². The number of hydrogen-bond donors (Lipinski definition) is 1. The van der Waals surface area contributed by atoms with Gasteiger partial charge < -0.3 is 4.98 Å². The number of rotatable bonds is 2. The second-order valence-electron chi connectivity index (χ2n) is 5.08. The molecule has 0 aliphatic heterocycles. The first-order chi connectivity index (χ1) is 10.3. The summed E-state index contributed by atoms with van der Waals surface area (Å²) < 4.78 is 39.4. The Morgan fingerprint density at radius 2 is 1.95 bits per heavy atom. The van der Waals surface area contributed by atoms with Crippen molar-refractivity contribution in [3.63, 3.8) is 0 Å². The zero-order valence-electron chi connectivity index (χ0n) is 11.8. The summed E-state index contributed by atoms with van der Waals surface area (Å²) in [4.78, 5) is 16.3. The highest BCUT2D eigenvalue weighted by Gasteiger charge is 2.34. The van der Waals surface area contributed by atoms with Gasteiger partial charge in [-0.05, 0) is 26.0 Å². The van der Waals surface area contributed by atoms with Gasteiger partial charge in [0.1, 0.15) is 0 Å². The van der Waals surface area contributed by atoms with Crippen molar-refractivity contribution in [1.82, 2.24) is 4.98 Å². The Morgan fingerprint density at radius 3 is 2.50 bits per heavy atom. The Hall–Kier alpha value is -2.08. The molecule has 1 N–H and O–H groups in total. The van der Waals surface area contributed by atoms with Crippen LogP contribution in [0, 0.1) is 13.8 Å². The van der Waals surface area contributed by atoms with E-state index < -0.39 is 11.7 Å². The maximum Gasteiger partial charge on any atom is 0.418 e. The van der Waals surface area contributed by atoms with E-state index in [2.05, 4.69) is 4.98 Å². The third-order valence-corrected chi connectivity index (χ3v) is 4.57. The van der Waals surface area contributed by atoms with Crippen LogP contribution in [0.25, 0.3) is 22.2 Å². The molecule has 3 rings (SSSR count). The van der Waals surface area contributed by atoms with Gasteiger partial charge in [0.25, 0.3) is 0 Å². The number of carbonyl (C=O) groups is 1. The number of thiophene rings is 1. The molecule has 0 bridgehead atoms. The summed E-state index contributed by atoms with van der Waals surface area (Å²) >= 11 is 1.54. The van der Waals surface area contributed by atoms with Crippen molar-refractivity contribution in [2.75, 3.05) is 0 Å². The highest BCUT2D eigenvalue weighted by atomic mass is 32.1. The van der Waals surface area contributed by atoms with Gasteiger partial charge in [-0.2, -0.15) is 13.2 Å². The lowest BCUT2D eigenvalue weighted by molar-refractivity contribution is -0.136. The fraction of sp³-hybridized carbons (Fsp3) is 0.188. The predicted molar refractivity (Wildman–Crippen MR) is 81.5 cm³/mol. The zero-order valence-corrected chi connectivity index (χ0v) is 12.7. The number of fused-ring (bicyclic) bond motifs is 1. The number of aryl methyl sites for hydroxylation is 2. The van der Waals surface area contributed by atoms with Crippen LogP contribution in [0.15, 0.2) is 24.3 Å². The Morgan fingerprint density at radius 1 is 1.23 bits per heavy atom. The Kier molecular flexibility index (Phi) is 3.36. The fourth-order valence-corrected chi connectivity index (χ4v) is 3.62. The first kappa shape index (κ1) is 14.8.